The maximum Gasteiger partial charge on any atom is 0.303 e. The van der Waals surface area contributed by atoms with Gasteiger partial charge < -0.3 is 48.5 Å². The van der Waals surface area contributed by atoms with Crippen LogP contribution in [0.2, 0.25) is 0 Å². The summed E-state index contributed by atoms with van der Waals surface area (Å²) in [5.74, 6) is -2.30. The molecule has 1 saturated carbocycles. The Hall–Kier alpha value is -2.65. The maximum atomic E-state index is 12.6. The van der Waals surface area contributed by atoms with Crippen LogP contribution in [0.25, 0.3) is 0 Å². The Kier molecular flexibility index (Phi) is 13.4. The Morgan fingerprint density at radius 1 is 1.04 bits per heavy atom. The molecule has 0 bridgehead atoms. The summed E-state index contributed by atoms with van der Waals surface area (Å²) >= 11 is 0. The van der Waals surface area contributed by atoms with Crippen LogP contribution in [0.4, 0.5) is 0 Å². The van der Waals surface area contributed by atoms with Crippen molar-refractivity contribution < 1.29 is 62.9 Å². The number of carbonyl (C=O) groups is 3. The number of hydrogen-bond acceptors (Lipinski definition) is 13. The molecule has 0 spiro atoms. The van der Waals surface area contributed by atoms with Gasteiger partial charge in [0.15, 0.2) is 12.4 Å². The van der Waals surface area contributed by atoms with Gasteiger partial charge in [0.05, 0.1) is 31.5 Å². The van der Waals surface area contributed by atoms with Crippen molar-refractivity contribution in [3.8, 4) is 0 Å². The highest BCUT2D eigenvalue weighted by Gasteiger charge is 2.57. The molecule has 0 aromatic heterocycles. The number of esters is 3. The first-order valence-electron chi connectivity index (χ1n) is 17.9. The summed E-state index contributed by atoms with van der Waals surface area (Å²) < 4.78 is 41.4. The molecule has 13 nitrogen and oxygen atoms in total. The van der Waals surface area contributed by atoms with E-state index in [0.29, 0.717) is 12.2 Å². The van der Waals surface area contributed by atoms with E-state index >= 15 is 0 Å². The van der Waals surface area contributed by atoms with Gasteiger partial charge in [-0.1, -0.05) is 37.1 Å². The van der Waals surface area contributed by atoms with Gasteiger partial charge in [0.1, 0.15) is 30.5 Å². The SMILES string of the molecule is C=CC(C)(C)OCC1OC(OC2C3=C(C(C)COC(C)=O)CC(OC(C)=O)C3(C)C=C3C(COC)CCC3C(C)C2O)C(O)C(O)C1OC(C)=O. The van der Waals surface area contributed by atoms with E-state index in [1.165, 1.54) is 20.8 Å². The van der Waals surface area contributed by atoms with Gasteiger partial charge >= 0.3 is 17.9 Å². The molecule has 288 valence electrons. The highest BCUT2D eigenvalue weighted by molar-refractivity contribution is 5.67. The lowest BCUT2D eigenvalue weighted by atomic mass is 9.68. The van der Waals surface area contributed by atoms with E-state index in [1.54, 1.807) is 27.0 Å². The van der Waals surface area contributed by atoms with Gasteiger partial charge in [-0.25, -0.2) is 0 Å². The van der Waals surface area contributed by atoms with Gasteiger partial charge in [-0.15, -0.1) is 6.58 Å². The van der Waals surface area contributed by atoms with Gasteiger partial charge in [-0.05, 0) is 51.0 Å². The first kappa shape index (κ1) is 41.1. The molecule has 1 aliphatic heterocycles. The van der Waals surface area contributed by atoms with Crippen molar-refractivity contribution >= 4 is 17.9 Å². The first-order valence-corrected chi connectivity index (χ1v) is 17.9. The molecule has 4 aliphatic rings. The van der Waals surface area contributed by atoms with E-state index in [0.717, 1.165) is 24.0 Å². The molecule has 13 atom stereocenters. The smallest absolute Gasteiger partial charge is 0.303 e. The van der Waals surface area contributed by atoms with Gasteiger partial charge in [0.25, 0.3) is 0 Å². The fourth-order valence-electron chi connectivity index (χ4n) is 8.23. The predicted octanol–water partition coefficient (Wildman–Crippen LogP) is 3.18. The van der Waals surface area contributed by atoms with Crippen molar-refractivity contribution in [1.82, 2.24) is 0 Å². The first-order chi connectivity index (χ1) is 23.8. The van der Waals surface area contributed by atoms with Crippen LogP contribution >= 0.6 is 0 Å². The lowest BCUT2D eigenvalue weighted by Gasteiger charge is -2.47. The number of methoxy groups -OCH3 is 1. The number of ether oxygens (including phenoxy) is 7. The minimum atomic E-state index is -1.70. The summed E-state index contributed by atoms with van der Waals surface area (Å²) in [6, 6.07) is 0. The second-order valence-corrected chi connectivity index (χ2v) is 15.3. The third kappa shape index (κ3) is 8.94. The molecular weight excluding hydrogens is 664 g/mol. The van der Waals surface area contributed by atoms with Gasteiger partial charge in [0.2, 0.25) is 0 Å². The van der Waals surface area contributed by atoms with Crippen LogP contribution in [-0.4, -0.2) is 115 Å². The number of aliphatic hydroxyl groups is 3. The maximum absolute atomic E-state index is 12.6. The standard InChI is InChI=1S/C38H58O13/c1-11-37(7,8)47-18-28-34(49-23(6)41)32(43)33(44)36(50-28)51-35-30-26(19(2)16-46-21(4)39)14-29(48-22(5)40)38(30,9)15-27-24(17-45-10)12-13-25(27)20(3)31(35)42/h11,15,19-20,24-25,28-29,31-36,42-44H,1,12-14,16-18H2,2-10H3. The molecule has 4 rings (SSSR count). The Labute approximate surface area is 301 Å². The lowest BCUT2D eigenvalue weighted by Crippen LogP contribution is -2.62. The van der Waals surface area contributed by atoms with Crippen molar-refractivity contribution in [2.45, 2.75) is 129 Å². The molecule has 1 saturated heterocycles. The van der Waals surface area contributed by atoms with E-state index in [-0.39, 0.29) is 43.3 Å². The molecular formula is C38H58O13. The molecule has 1 heterocycles. The zero-order valence-electron chi connectivity index (χ0n) is 31.5. The second kappa shape index (κ2) is 16.6. The molecule has 51 heavy (non-hydrogen) atoms. The van der Waals surface area contributed by atoms with Crippen molar-refractivity contribution in [2.24, 2.45) is 29.1 Å². The molecule has 2 fully saturated rings. The Morgan fingerprint density at radius 3 is 2.29 bits per heavy atom. The van der Waals surface area contributed by atoms with Crippen molar-refractivity contribution in [1.29, 1.82) is 0 Å². The summed E-state index contributed by atoms with van der Waals surface area (Å²) in [5.41, 5.74) is 0.705. The monoisotopic (exact) mass is 722 g/mol. The second-order valence-electron chi connectivity index (χ2n) is 15.3. The largest absolute Gasteiger partial charge is 0.465 e. The van der Waals surface area contributed by atoms with Gasteiger partial charge in [0, 0.05) is 51.6 Å². The van der Waals surface area contributed by atoms with Crippen LogP contribution in [0.1, 0.15) is 74.7 Å². The highest BCUT2D eigenvalue weighted by atomic mass is 16.7. The Balaban J connectivity index is 1.86. The van der Waals surface area contributed by atoms with Crippen molar-refractivity contribution in [2.75, 3.05) is 26.9 Å². The van der Waals surface area contributed by atoms with E-state index in [4.69, 9.17) is 33.2 Å². The van der Waals surface area contributed by atoms with E-state index in [2.05, 4.69) is 12.7 Å². The number of fused-ring (bicyclic) bond motifs is 2. The molecule has 0 radical (unpaired) electrons. The zero-order valence-corrected chi connectivity index (χ0v) is 31.5. The number of hydrogen-bond donors (Lipinski definition) is 3. The average Bonchev–Trinajstić information content (AvgIpc) is 3.56. The Bertz CT molecular complexity index is 1350. The molecule has 3 aliphatic carbocycles. The third-order valence-corrected chi connectivity index (χ3v) is 11.1. The number of aliphatic hydroxyl groups excluding tert-OH is 3. The van der Waals surface area contributed by atoms with Crippen molar-refractivity contribution in [3.63, 3.8) is 0 Å². The minimum Gasteiger partial charge on any atom is -0.465 e. The number of rotatable bonds is 13. The van der Waals surface area contributed by atoms with E-state index in [9.17, 15) is 29.7 Å². The van der Waals surface area contributed by atoms with Gasteiger partial charge in [-0.3, -0.25) is 14.4 Å². The highest BCUT2D eigenvalue weighted by Crippen LogP contribution is 2.56. The summed E-state index contributed by atoms with van der Waals surface area (Å²) in [5, 5.41) is 35.2. The third-order valence-electron chi connectivity index (χ3n) is 11.1. The summed E-state index contributed by atoms with van der Waals surface area (Å²) in [6.45, 7) is 17.4. The molecule has 13 unspecified atom stereocenters. The fraction of sp³-hybridized carbons (Fsp3) is 0.763. The molecule has 13 heteroatoms. The number of carbonyl (C=O) groups excluding carboxylic acids is 3. The van der Waals surface area contributed by atoms with Crippen LogP contribution in [0.3, 0.4) is 0 Å². The van der Waals surface area contributed by atoms with Crippen LogP contribution in [-0.2, 0) is 47.5 Å². The van der Waals surface area contributed by atoms with Crippen LogP contribution in [0.15, 0.2) is 35.5 Å². The van der Waals surface area contributed by atoms with Crippen LogP contribution < -0.4 is 0 Å². The molecule has 3 N–H and O–H groups in total. The quantitative estimate of drug-likeness (QED) is 0.144. The fourth-order valence-corrected chi connectivity index (χ4v) is 8.23. The average molecular weight is 723 g/mol. The van der Waals surface area contributed by atoms with Crippen LogP contribution in [0, 0.1) is 29.1 Å². The summed E-state index contributed by atoms with van der Waals surface area (Å²) in [7, 11) is 1.66. The predicted molar refractivity (Wildman–Crippen MR) is 184 cm³/mol. The summed E-state index contributed by atoms with van der Waals surface area (Å²) in [6.07, 6.45) is -4.54. The Morgan fingerprint density at radius 2 is 1.71 bits per heavy atom. The van der Waals surface area contributed by atoms with E-state index in [1.807, 2.05) is 20.8 Å². The molecule has 0 aromatic rings. The van der Waals surface area contributed by atoms with Crippen molar-refractivity contribution in [3.05, 3.63) is 35.5 Å². The van der Waals surface area contributed by atoms with Gasteiger partial charge in [-0.2, -0.15) is 0 Å². The molecule has 0 amide bonds. The lowest BCUT2D eigenvalue weighted by molar-refractivity contribution is -0.320. The normalized spacial score (nSPS) is 37.3. The van der Waals surface area contributed by atoms with E-state index < -0.39 is 77.9 Å². The summed E-state index contributed by atoms with van der Waals surface area (Å²) in [4.78, 5) is 36.5. The van der Waals surface area contributed by atoms with Crippen LogP contribution in [0.5, 0.6) is 0 Å². The minimum absolute atomic E-state index is 0.0325. The topological polar surface area (TPSA) is 177 Å². The zero-order chi connectivity index (χ0) is 38.0. The molecule has 0 aromatic carbocycles.